The molecule has 0 radical (unpaired) electrons. The molecule has 0 aliphatic carbocycles. The van der Waals surface area contributed by atoms with Crippen molar-refractivity contribution >= 4 is 58.8 Å². The Labute approximate surface area is 180 Å². The minimum atomic E-state index is -0.182. The number of aliphatic imine (C=N–C) groups is 1. The number of aryl methyl sites for hydroxylation is 1. The van der Waals surface area contributed by atoms with Crippen LogP contribution in [0, 0.1) is 6.92 Å². The van der Waals surface area contributed by atoms with Gasteiger partial charge in [0, 0.05) is 37.6 Å². The van der Waals surface area contributed by atoms with Crippen molar-refractivity contribution in [2.45, 2.75) is 19.9 Å². The van der Waals surface area contributed by atoms with Crippen LogP contribution in [0.5, 0.6) is 0 Å². The van der Waals surface area contributed by atoms with E-state index in [1.54, 1.807) is 24.5 Å². The number of halogens is 2. The SMILES string of the molecule is CN=C(NCCCNC(=O)c1occc1C)N(C)Cc1ccc(Cl)s1.I. The van der Waals surface area contributed by atoms with Crippen LogP contribution in [0.2, 0.25) is 4.34 Å². The van der Waals surface area contributed by atoms with E-state index in [0.717, 1.165) is 28.8 Å². The highest BCUT2D eigenvalue weighted by Gasteiger charge is 2.12. The van der Waals surface area contributed by atoms with E-state index in [0.29, 0.717) is 18.8 Å². The number of hydrogen-bond acceptors (Lipinski definition) is 4. The first-order valence-electron chi connectivity index (χ1n) is 7.99. The van der Waals surface area contributed by atoms with Crippen molar-refractivity contribution in [2.24, 2.45) is 4.99 Å². The van der Waals surface area contributed by atoms with E-state index in [2.05, 4.69) is 15.6 Å². The number of nitrogens with zero attached hydrogens (tertiary/aromatic N) is 2. The number of guanidine groups is 1. The van der Waals surface area contributed by atoms with Crippen molar-refractivity contribution in [3.8, 4) is 0 Å². The quantitative estimate of drug-likeness (QED) is 0.258. The number of carbonyl (C=O) groups excluding carboxylic acids is 1. The number of carbonyl (C=O) groups is 1. The Kier molecular flexibility index (Phi) is 10.0. The molecule has 0 atom stereocenters. The Balaban J connectivity index is 0.00000338. The van der Waals surface area contributed by atoms with Crippen LogP contribution in [0.3, 0.4) is 0 Å². The second kappa shape index (κ2) is 11.5. The summed E-state index contributed by atoms with van der Waals surface area (Å²) in [6.07, 6.45) is 2.30. The zero-order valence-corrected chi connectivity index (χ0v) is 18.9. The maximum absolute atomic E-state index is 11.9. The molecule has 0 fully saturated rings. The fraction of sp³-hybridized carbons (Fsp3) is 0.412. The molecule has 0 spiro atoms. The van der Waals surface area contributed by atoms with E-state index in [1.165, 1.54) is 11.1 Å². The number of rotatable bonds is 7. The second-order valence-electron chi connectivity index (χ2n) is 5.58. The summed E-state index contributed by atoms with van der Waals surface area (Å²) in [5, 5.41) is 6.14. The fourth-order valence-electron chi connectivity index (χ4n) is 2.31. The Bertz CT molecular complexity index is 732. The molecule has 6 nitrogen and oxygen atoms in total. The lowest BCUT2D eigenvalue weighted by Crippen LogP contribution is -2.39. The van der Waals surface area contributed by atoms with Crippen LogP contribution in [-0.2, 0) is 6.54 Å². The Morgan fingerprint density at radius 3 is 2.62 bits per heavy atom. The average Bonchev–Trinajstić information content (AvgIpc) is 3.18. The van der Waals surface area contributed by atoms with Crippen molar-refractivity contribution < 1.29 is 9.21 Å². The molecule has 2 aromatic rings. The molecule has 2 rings (SSSR count). The van der Waals surface area contributed by atoms with Gasteiger partial charge in [-0.25, -0.2) is 0 Å². The minimum Gasteiger partial charge on any atom is -0.459 e. The smallest absolute Gasteiger partial charge is 0.287 e. The number of amides is 1. The largest absolute Gasteiger partial charge is 0.459 e. The maximum atomic E-state index is 11.9. The Morgan fingerprint density at radius 2 is 2.04 bits per heavy atom. The van der Waals surface area contributed by atoms with E-state index < -0.39 is 0 Å². The molecule has 1 amide bonds. The van der Waals surface area contributed by atoms with Crippen LogP contribution in [0.1, 0.15) is 27.4 Å². The van der Waals surface area contributed by atoms with Gasteiger partial charge in [-0.1, -0.05) is 11.6 Å². The zero-order valence-electron chi connectivity index (χ0n) is 15.0. The second-order valence-corrected chi connectivity index (χ2v) is 7.38. The van der Waals surface area contributed by atoms with E-state index >= 15 is 0 Å². The highest BCUT2D eigenvalue weighted by atomic mass is 127. The lowest BCUT2D eigenvalue weighted by molar-refractivity contribution is 0.0925. The summed E-state index contributed by atoms with van der Waals surface area (Å²) in [5.41, 5.74) is 0.839. The predicted molar refractivity (Wildman–Crippen MR) is 118 cm³/mol. The standard InChI is InChI=1S/C17H23ClN4O2S.HI/c1-12-7-10-24-15(12)16(23)20-8-4-9-21-17(19-2)22(3)11-13-5-6-14(18)25-13;/h5-7,10H,4,8-9,11H2,1-3H3,(H,19,21)(H,20,23);1H. The highest BCUT2D eigenvalue weighted by Crippen LogP contribution is 2.22. The summed E-state index contributed by atoms with van der Waals surface area (Å²) in [7, 11) is 3.73. The third-order valence-electron chi connectivity index (χ3n) is 3.59. The molecule has 9 heteroatoms. The van der Waals surface area contributed by atoms with Crippen molar-refractivity contribution in [1.29, 1.82) is 0 Å². The molecule has 2 N–H and O–H groups in total. The van der Waals surface area contributed by atoms with Gasteiger partial charge in [0.1, 0.15) is 0 Å². The van der Waals surface area contributed by atoms with E-state index in [-0.39, 0.29) is 29.9 Å². The van der Waals surface area contributed by atoms with Crippen LogP contribution in [0.4, 0.5) is 0 Å². The van der Waals surface area contributed by atoms with Gasteiger partial charge in [-0.05, 0) is 31.5 Å². The third kappa shape index (κ3) is 6.81. The molecule has 0 saturated heterocycles. The number of thiophene rings is 1. The van der Waals surface area contributed by atoms with Gasteiger partial charge in [0.2, 0.25) is 0 Å². The van der Waals surface area contributed by atoms with Gasteiger partial charge in [0.15, 0.2) is 11.7 Å². The van der Waals surface area contributed by atoms with E-state index in [1.807, 2.05) is 31.0 Å². The normalized spacial score (nSPS) is 11.0. The van der Waals surface area contributed by atoms with Crippen molar-refractivity contribution in [2.75, 3.05) is 27.2 Å². The molecule has 0 saturated carbocycles. The summed E-state index contributed by atoms with van der Waals surface area (Å²) >= 11 is 7.52. The molecule has 0 bridgehead atoms. The first-order chi connectivity index (χ1) is 12.0. The molecular formula is C17H24ClIN4O2S. The third-order valence-corrected chi connectivity index (χ3v) is 4.80. The average molecular weight is 511 g/mol. The molecule has 2 heterocycles. The molecule has 144 valence electrons. The fourth-order valence-corrected chi connectivity index (χ4v) is 3.45. The van der Waals surface area contributed by atoms with Crippen molar-refractivity contribution in [3.63, 3.8) is 0 Å². The van der Waals surface area contributed by atoms with Gasteiger partial charge in [0.05, 0.1) is 17.1 Å². The van der Waals surface area contributed by atoms with E-state index in [4.69, 9.17) is 16.0 Å². The van der Waals surface area contributed by atoms with Crippen LogP contribution < -0.4 is 10.6 Å². The first kappa shape index (κ1) is 22.8. The molecule has 0 aliphatic heterocycles. The van der Waals surface area contributed by atoms with Crippen molar-refractivity contribution in [1.82, 2.24) is 15.5 Å². The molecular weight excluding hydrogens is 487 g/mol. The van der Waals surface area contributed by atoms with Gasteiger partial charge in [-0.2, -0.15) is 0 Å². The molecule has 0 unspecified atom stereocenters. The molecule has 0 aliphatic rings. The van der Waals surface area contributed by atoms with Crippen LogP contribution in [-0.4, -0.2) is 44.0 Å². The van der Waals surface area contributed by atoms with Crippen LogP contribution >= 0.6 is 46.9 Å². The van der Waals surface area contributed by atoms with E-state index in [9.17, 15) is 4.79 Å². The maximum Gasteiger partial charge on any atom is 0.287 e. The lowest BCUT2D eigenvalue weighted by Gasteiger charge is -2.21. The predicted octanol–water partition coefficient (Wildman–Crippen LogP) is 3.75. The summed E-state index contributed by atoms with van der Waals surface area (Å²) in [4.78, 5) is 19.4. The summed E-state index contributed by atoms with van der Waals surface area (Å²) < 4.78 is 5.95. The molecule has 26 heavy (non-hydrogen) atoms. The summed E-state index contributed by atoms with van der Waals surface area (Å²) in [6.45, 7) is 3.86. The lowest BCUT2D eigenvalue weighted by atomic mass is 10.2. The molecule has 0 aromatic carbocycles. The minimum absolute atomic E-state index is 0. The summed E-state index contributed by atoms with van der Waals surface area (Å²) in [5.74, 6) is 0.995. The van der Waals surface area contributed by atoms with Gasteiger partial charge in [0.25, 0.3) is 5.91 Å². The number of nitrogens with one attached hydrogen (secondary N) is 2. The Morgan fingerprint density at radius 1 is 1.31 bits per heavy atom. The first-order valence-corrected chi connectivity index (χ1v) is 9.19. The zero-order chi connectivity index (χ0) is 18.2. The van der Waals surface area contributed by atoms with Crippen LogP contribution in [0.15, 0.2) is 33.9 Å². The molecule has 2 aromatic heterocycles. The topological polar surface area (TPSA) is 69.9 Å². The Hall–Kier alpha value is -1.26. The number of hydrogen-bond donors (Lipinski definition) is 2. The summed E-state index contributed by atoms with van der Waals surface area (Å²) in [6, 6.07) is 5.69. The highest BCUT2D eigenvalue weighted by molar-refractivity contribution is 14.0. The monoisotopic (exact) mass is 510 g/mol. The van der Waals surface area contributed by atoms with Gasteiger partial charge in [-0.15, -0.1) is 35.3 Å². The van der Waals surface area contributed by atoms with Gasteiger partial charge < -0.3 is 20.0 Å². The van der Waals surface area contributed by atoms with Gasteiger partial charge >= 0.3 is 0 Å². The number of furan rings is 1. The van der Waals surface area contributed by atoms with Crippen molar-refractivity contribution in [3.05, 3.63) is 45.0 Å². The van der Waals surface area contributed by atoms with Gasteiger partial charge in [-0.3, -0.25) is 9.79 Å². The van der Waals surface area contributed by atoms with Crippen LogP contribution in [0.25, 0.3) is 0 Å².